The summed E-state index contributed by atoms with van der Waals surface area (Å²) in [7, 11) is 0. The van der Waals surface area contributed by atoms with Crippen LogP contribution in [0.25, 0.3) is 10.8 Å². The highest BCUT2D eigenvalue weighted by molar-refractivity contribution is 5.86. The summed E-state index contributed by atoms with van der Waals surface area (Å²) >= 11 is 0. The van der Waals surface area contributed by atoms with E-state index in [-0.39, 0.29) is 18.2 Å². The van der Waals surface area contributed by atoms with Gasteiger partial charge in [0.2, 0.25) is 0 Å². The molecule has 30 heavy (non-hydrogen) atoms. The molecule has 0 N–H and O–H groups in total. The molecule has 3 aromatic rings. The van der Waals surface area contributed by atoms with Gasteiger partial charge in [-0.25, -0.2) is 4.39 Å². The minimum absolute atomic E-state index is 0.0307. The molecular formula is C27H29FO2. The zero-order valence-electron chi connectivity index (χ0n) is 17.7. The summed E-state index contributed by atoms with van der Waals surface area (Å²) in [5, 5.41) is 2.15. The molecule has 0 radical (unpaired) electrons. The first kappa shape index (κ1) is 20.6. The van der Waals surface area contributed by atoms with E-state index < -0.39 is 0 Å². The van der Waals surface area contributed by atoms with Crippen molar-refractivity contribution in [3.63, 3.8) is 0 Å². The predicted molar refractivity (Wildman–Crippen MR) is 120 cm³/mol. The maximum atomic E-state index is 13.6. The number of ether oxygens (including phenoxy) is 1. The summed E-state index contributed by atoms with van der Waals surface area (Å²) in [6.07, 6.45) is 4.83. The van der Waals surface area contributed by atoms with Gasteiger partial charge in [-0.15, -0.1) is 0 Å². The number of carbonyl (C=O) groups excluding carboxylic acids is 1. The Balaban J connectivity index is 1.39. The van der Waals surface area contributed by atoms with Gasteiger partial charge >= 0.3 is 0 Å². The number of rotatable bonds is 7. The molecule has 1 aliphatic rings. The minimum Gasteiger partial charge on any atom is -0.486 e. The van der Waals surface area contributed by atoms with Crippen LogP contribution in [0.4, 0.5) is 4.39 Å². The Hall–Kier alpha value is -2.68. The number of benzene rings is 3. The van der Waals surface area contributed by atoms with E-state index in [0.29, 0.717) is 17.8 Å². The van der Waals surface area contributed by atoms with E-state index in [0.717, 1.165) is 17.6 Å². The molecule has 0 saturated heterocycles. The van der Waals surface area contributed by atoms with Crippen molar-refractivity contribution in [3.05, 3.63) is 77.6 Å². The van der Waals surface area contributed by atoms with E-state index >= 15 is 0 Å². The predicted octanol–water partition coefficient (Wildman–Crippen LogP) is 7.02. The van der Waals surface area contributed by atoms with E-state index in [1.807, 2.05) is 30.3 Å². The lowest BCUT2D eigenvalue weighted by atomic mass is 9.86. The zero-order chi connectivity index (χ0) is 21.1. The second-order valence-corrected chi connectivity index (χ2v) is 8.79. The molecule has 156 valence electrons. The quantitative estimate of drug-likeness (QED) is 0.423. The Morgan fingerprint density at radius 2 is 1.90 bits per heavy atom. The van der Waals surface area contributed by atoms with Gasteiger partial charge in [0.05, 0.1) is 0 Å². The lowest BCUT2D eigenvalue weighted by Gasteiger charge is -2.19. The summed E-state index contributed by atoms with van der Waals surface area (Å²) in [5.41, 5.74) is 2.68. The summed E-state index contributed by atoms with van der Waals surface area (Å²) < 4.78 is 19.1. The number of halogens is 1. The van der Waals surface area contributed by atoms with Crippen LogP contribution in [-0.2, 0) is 4.79 Å². The van der Waals surface area contributed by atoms with Crippen LogP contribution in [0.15, 0.2) is 60.7 Å². The Bertz CT molecular complexity index is 1020. The molecule has 1 unspecified atom stereocenters. The van der Waals surface area contributed by atoms with Gasteiger partial charge in [0, 0.05) is 0 Å². The molecule has 0 aromatic heterocycles. The minimum atomic E-state index is -0.177. The lowest BCUT2D eigenvalue weighted by molar-refractivity contribution is -0.118. The fourth-order valence-corrected chi connectivity index (χ4v) is 4.95. The molecule has 3 aromatic carbocycles. The van der Waals surface area contributed by atoms with Gasteiger partial charge in [-0.2, -0.15) is 0 Å². The Kier molecular flexibility index (Phi) is 6.17. The molecular weight excluding hydrogens is 375 g/mol. The molecule has 0 bridgehead atoms. The fourth-order valence-electron chi connectivity index (χ4n) is 4.95. The highest BCUT2D eigenvalue weighted by atomic mass is 19.1. The molecule has 1 aliphatic carbocycles. The van der Waals surface area contributed by atoms with Gasteiger partial charge in [-0.1, -0.05) is 43.3 Å². The van der Waals surface area contributed by atoms with Crippen molar-refractivity contribution in [2.45, 2.75) is 51.4 Å². The largest absolute Gasteiger partial charge is 0.486 e. The number of hydrogen-bond acceptors (Lipinski definition) is 2. The molecule has 3 atom stereocenters. The topological polar surface area (TPSA) is 26.3 Å². The summed E-state index contributed by atoms with van der Waals surface area (Å²) in [6, 6.07) is 19.6. The lowest BCUT2D eigenvalue weighted by Crippen LogP contribution is -2.06. The van der Waals surface area contributed by atoms with Crippen LogP contribution < -0.4 is 4.74 Å². The monoisotopic (exact) mass is 404 g/mol. The average molecular weight is 405 g/mol. The third-order valence-corrected chi connectivity index (χ3v) is 6.43. The summed E-state index contributed by atoms with van der Waals surface area (Å²) in [5.74, 6) is 2.35. The van der Waals surface area contributed by atoms with Crippen LogP contribution in [0, 0.1) is 11.7 Å². The van der Waals surface area contributed by atoms with Crippen molar-refractivity contribution in [2.75, 3.05) is 6.61 Å². The van der Waals surface area contributed by atoms with Crippen molar-refractivity contribution >= 4 is 16.6 Å². The van der Waals surface area contributed by atoms with Crippen LogP contribution in [0.2, 0.25) is 0 Å². The SMILES string of the molecule is CC(=O)COc1ccc([C@@H]2CCC(C[C@H](C)c3cccc4cc(F)ccc34)C2)cc1. The van der Waals surface area contributed by atoms with Gasteiger partial charge < -0.3 is 4.74 Å². The van der Waals surface area contributed by atoms with Gasteiger partial charge in [0.25, 0.3) is 0 Å². The smallest absolute Gasteiger partial charge is 0.167 e. The molecule has 1 fully saturated rings. The number of ketones is 1. The normalized spacial score (nSPS) is 19.7. The van der Waals surface area contributed by atoms with Crippen LogP contribution in [-0.4, -0.2) is 12.4 Å². The molecule has 0 spiro atoms. The van der Waals surface area contributed by atoms with E-state index in [9.17, 15) is 9.18 Å². The summed E-state index contributed by atoms with van der Waals surface area (Å²) in [6.45, 7) is 3.96. The van der Waals surface area contributed by atoms with E-state index in [4.69, 9.17) is 4.74 Å². The van der Waals surface area contributed by atoms with Crippen molar-refractivity contribution in [2.24, 2.45) is 5.92 Å². The molecule has 0 amide bonds. The van der Waals surface area contributed by atoms with Crippen LogP contribution in [0.3, 0.4) is 0 Å². The van der Waals surface area contributed by atoms with Crippen molar-refractivity contribution in [3.8, 4) is 5.75 Å². The maximum absolute atomic E-state index is 13.6. The van der Waals surface area contributed by atoms with Crippen molar-refractivity contribution < 1.29 is 13.9 Å². The van der Waals surface area contributed by atoms with Gasteiger partial charge in [0.15, 0.2) is 5.78 Å². The second kappa shape index (κ2) is 8.99. The van der Waals surface area contributed by atoms with Crippen LogP contribution in [0.5, 0.6) is 5.75 Å². The van der Waals surface area contributed by atoms with Gasteiger partial charge in [-0.05, 0) is 96.5 Å². The second-order valence-electron chi connectivity index (χ2n) is 8.79. The molecule has 2 nitrogen and oxygen atoms in total. The third-order valence-electron chi connectivity index (χ3n) is 6.43. The van der Waals surface area contributed by atoms with E-state index in [2.05, 4.69) is 25.1 Å². The zero-order valence-corrected chi connectivity index (χ0v) is 17.7. The highest BCUT2D eigenvalue weighted by Crippen LogP contribution is 2.43. The first-order valence-electron chi connectivity index (χ1n) is 10.9. The highest BCUT2D eigenvalue weighted by Gasteiger charge is 2.27. The molecule has 3 heteroatoms. The number of fused-ring (bicyclic) bond motifs is 1. The van der Waals surface area contributed by atoms with E-state index in [1.54, 1.807) is 12.1 Å². The van der Waals surface area contributed by atoms with E-state index in [1.165, 1.54) is 42.7 Å². The first-order chi connectivity index (χ1) is 14.5. The molecule has 4 rings (SSSR count). The standard InChI is InChI=1S/C27H29FO2/c1-18(26-5-3-4-23-16-24(28)10-13-27(23)26)14-20-6-7-22(15-20)21-8-11-25(12-9-21)30-17-19(2)29/h3-5,8-13,16,18,20,22H,6-7,14-15,17H2,1-2H3/t18-,20?,22+/m0/s1. The third kappa shape index (κ3) is 4.72. The van der Waals surface area contributed by atoms with Crippen LogP contribution >= 0.6 is 0 Å². The first-order valence-corrected chi connectivity index (χ1v) is 10.9. The summed E-state index contributed by atoms with van der Waals surface area (Å²) in [4.78, 5) is 11.1. The van der Waals surface area contributed by atoms with Crippen LogP contribution in [0.1, 0.15) is 62.5 Å². The number of carbonyl (C=O) groups is 1. The van der Waals surface area contributed by atoms with Gasteiger partial charge in [0.1, 0.15) is 18.2 Å². The van der Waals surface area contributed by atoms with Crippen molar-refractivity contribution in [1.29, 1.82) is 0 Å². The Labute approximate surface area is 178 Å². The van der Waals surface area contributed by atoms with Crippen molar-refractivity contribution in [1.82, 2.24) is 0 Å². The molecule has 0 heterocycles. The van der Waals surface area contributed by atoms with Gasteiger partial charge in [-0.3, -0.25) is 4.79 Å². The fraction of sp³-hybridized carbons (Fsp3) is 0.370. The number of Topliss-reactive ketones (excluding diaryl/α,β-unsaturated/α-hetero) is 1. The number of hydrogen-bond donors (Lipinski definition) is 0. The average Bonchev–Trinajstić information content (AvgIpc) is 3.20. The molecule has 0 aliphatic heterocycles. The molecule has 1 saturated carbocycles. The Morgan fingerprint density at radius 1 is 1.10 bits per heavy atom. The maximum Gasteiger partial charge on any atom is 0.167 e. The Morgan fingerprint density at radius 3 is 2.67 bits per heavy atom.